The Bertz CT molecular complexity index is 570. The highest BCUT2D eigenvalue weighted by molar-refractivity contribution is 6.32. The fourth-order valence-corrected chi connectivity index (χ4v) is 1.86. The van der Waals surface area contributed by atoms with Crippen LogP contribution >= 0.6 is 11.6 Å². The highest BCUT2D eigenvalue weighted by atomic mass is 35.5. The first-order valence-electron chi connectivity index (χ1n) is 5.43. The zero-order valence-electron chi connectivity index (χ0n) is 9.78. The summed E-state index contributed by atoms with van der Waals surface area (Å²) in [5.41, 5.74) is 1.47. The van der Waals surface area contributed by atoms with Crippen LogP contribution in [0.5, 0.6) is 11.5 Å². The van der Waals surface area contributed by atoms with Crippen molar-refractivity contribution in [2.45, 2.75) is 13.5 Å². The lowest BCUT2D eigenvalue weighted by atomic mass is 10.2. The summed E-state index contributed by atoms with van der Waals surface area (Å²) in [6.45, 7) is 1.68. The van der Waals surface area contributed by atoms with Crippen LogP contribution in [0, 0.1) is 12.7 Å². The van der Waals surface area contributed by atoms with Gasteiger partial charge < -0.3 is 9.84 Å². The van der Waals surface area contributed by atoms with Gasteiger partial charge in [0.15, 0.2) is 0 Å². The summed E-state index contributed by atoms with van der Waals surface area (Å²) in [7, 11) is 0. The van der Waals surface area contributed by atoms with Gasteiger partial charge in [0.05, 0.1) is 11.6 Å². The molecule has 2 aromatic rings. The third kappa shape index (κ3) is 3.00. The molecule has 0 spiro atoms. The van der Waals surface area contributed by atoms with Crippen molar-refractivity contribution in [3.63, 3.8) is 0 Å². The molecule has 0 aliphatic heterocycles. The van der Waals surface area contributed by atoms with Crippen molar-refractivity contribution in [1.82, 2.24) is 0 Å². The molecular formula is C14H12ClFO2. The topological polar surface area (TPSA) is 29.5 Å². The first-order chi connectivity index (χ1) is 8.58. The van der Waals surface area contributed by atoms with E-state index in [0.29, 0.717) is 22.1 Å². The Kier molecular flexibility index (Phi) is 3.84. The Morgan fingerprint density at radius 3 is 2.67 bits per heavy atom. The molecule has 94 valence electrons. The molecule has 2 nitrogen and oxygen atoms in total. The van der Waals surface area contributed by atoms with Crippen LogP contribution in [0.25, 0.3) is 0 Å². The van der Waals surface area contributed by atoms with Gasteiger partial charge >= 0.3 is 0 Å². The lowest BCUT2D eigenvalue weighted by molar-refractivity contribution is 0.280. The third-order valence-electron chi connectivity index (χ3n) is 2.43. The second-order valence-electron chi connectivity index (χ2n) is 3.99. The molecule has 0 radical (unpaired) electrons. The lowest BCUT2D eigenvalue weighted by Gasteiger charge is -2.09. The normalized spacial score (nSPS) is 10.4. The van der Waals surface area contributed by atoms with E-state index in [1.54, 1.807) is 18.2 Å². The van der Waals surface area contributed by atoms with E-state index in [-0.39, 0.29) is 6.61 Å². The maximum absolute atomic E-state index is 13.3. The Labute approximate surface area is 110 Å². The number of hydrogen-bond donors (Lipinski definition) is 1. The molecular weight excluding hydrogens is 255 g/mol. The second kappa shape index (κ2) is 5.38. The first kappa shape index (κ1) is 12.9. The Hall–Kier alpha value is -1.58. The molecule has 4 heteroatoms. The van der Waals surface area contributed by atoms with Crippen LogP contribution in [0.15, 0.2) is 36.4 Å². The summed E-state index contributed by atoms with van der Waals surface area (Å²) in [6.07, 6.45) is 0. The molecule has 18 heavy (non-hydrogen) atoms. The van der Waals surface area contributed by atoms with E-state index >= 15 is 0 Å². The number of rotatable bonds is 3. The zero-order chi connectivity index (χ0) is 13.1. The van der Waals surface area contributed by atoms with Gasteiger partial charge in [-0.1, -0.05) is 17.7 Å². The van der Waals surface area contributed by atoms with Gasteiger partial charge in [-0.3, -0.25) is 0 Å². The van der Waals surface area contributed by atoms with Crippen LogP contribution in [-0.4, -0.2) is 5.11 Å². The molecule has 0 amide bonds. The highest BCUT2D eigenvalue weighted by Crippen LogP contribution is 2.30. The van der Waals surface area contributed by atoms with Crippen LogP contribution in [0.3, 0.4) is 0 Å². The molecule has 0 atom stereocenters. The lowest BCUT2D eigenvalue weighted by Crippen LogP contribution is -1.91. The number of aliphatic hydroxyl groups excluding tert-OH is 1. The Morgan fingerprint density at radius 1 is 1.22 bits per heavy atom. The van der Waals surface area contributed by atoms with Crippen LogP contribution in [0.2, 0.25) is 5.02 Å². The Morgan fingerprint density at radius 2 is 2.00 bits per heavy atom. The molecule has 0 aliphatic carbocycles. The number of aryl methyl sites for hydroxylation is 1. The van der Waals surface area contributed by atoms with E-state index in [1.165, 1.54) is 12.1 Å². The van der Waals surface area contributed by atoms with Crippen molar-refractivity contribution in [3.05, 3.63) is 58.4 Å². The molecule has 2 rings (SSSR count). The summed E-state index contributed by atoms with van der Waals surface area (Å²) in [5, 5.41) is 9.46. The van der Waals surface area contributed by atoms with E-state index < -0.39 is 5.82 Å². The van der Waals surface area contributed by atoms with Crippen LogP contribution in [0.4, 0.5) is 4.39 Å². The predicted octanol–water partition coefficient (Wildman–Crippen LogP) is 4.07. The van der Waals surface area contributed by atoms with Gasteiger partial charge in [0, 0.05) is 6.07 Å². The van der Waals surface area contributed by atoms with Gasteiger partial charge in [-0.05, 0) is 42.3 Å². The van der Waals surface area contributed by atoms with Gasteiger partial charge in [-0.2, -0.15) is 0 Å². The molecule has 0 heterocycles. The summed E-state index contributed by atoms with van der Waals surface area (Å²) in [4.78, 5) is 0. The van der Waals surface area contributed by atoms with E-state index in [2.05, 4.69) is 0 Å². The summed E-state index contributed by atoms with van der Waals surface area (Å²) in [6, 6.07) is 9.41. The third-order valence-corrected chi connectivity index (χ3v) is 2.72. The smallest absolute Gasteiger partial charge is 0.146 e. The standard InChI is InChI=1S/C14H12ClFO2/c1-9-2-3-14(13(15)4-9)18-12-6-10(8-17)5-11(16)7-12/h2-7,17H,8H2,1H3. The molecule has 0 saturated carbocycles. The van der Waals surface area contributed by atoms with Crippen molar-refractivity contribution in [2.24, 2.45) is 0 Å². The van der Waals surface area contributed by atoms with Crippen molar-refractivity contribution in [2.75, 3.05) is 0 Å². The molecule has 0 bridgehead atoms. The maximum Gasteiger partial charge on any atom is 0.146 e. The minimum Gasteiger partial charge on any atom is -0.456 e. The number of halogens is 2. The number of benzene rings is 2. The molecule has 0 aromatic heterocycles. The van der Waals surface area contributed by atoms with E-state index in [0.717, 1.165) is 5.56 Å². The van der Waals surface area contributed by atoms with E-state index in [1.807, 2.05) is 13.0 Å². The zero-order valence-corrected chi connectivity index (χ0v) is 10.5. The Balaban J connectivity index is 2.30. The largest absolute Gasteiger partial charge is 0.456 e. The predicted molar refractivity (Wildman–Crippen MR) is 68.6 cm³/mol. The van der Waals surface area contributed by atoms with Gasteiger partial charge in [-0.25, -0.2) is 4.39 Å². The molecule has 0 unspecified atom stereocenters. The van der Waals surface area contributed by atoms with Crippen molar-refractivity contribution >= 4 is 11.6 Å². The minimum atomic E-state index is -0.459. The molecule has 2 aromatic carbocycles. The molecule has 0 fully saturated rings. The van der Waals surface area contributed by atoms with Gasteiger partial charge in [-0.15, -0.1) is 0 Å². The van der Waals surface area contributed by atoms with Crippen molar-refractivity contribution in [3.8, 4) is 11.5 Å². The van der Waals surface area contributed by atoms with Crippen LogP contribution in [-0.2, 0) is 6.61 Å². The van der Waals surface area contributed by atoms with Gasteiger partial charge in [0.1, 0.15) is 17.3 Å². The van der Waals surface area contributed by atoms with Gasteiger partial charge in [0.2, 0.25) is 0 Å². The average Bonchev–Trinajstić information content (AvgIpc) is 2.32. The SMILES string of the molecule is Cc1ccc(Oc2cc(F)cc(CO)c2)c(Cl)c1. The highest BCUT2D eigenvalue weighted by Gasteiger charge is 2.06. The molecule has 0 aliphatic rings. The number of aliphatic hydroxyl groups is 1. The van der Waals surface area contributed by atoms with Crippen LogP contribution < -0.4 is 4.74 Å². The minimum absolute atomic E-state index is 0.240. The quantitative estimate of drug-likeness (QED) is 0.907. The van der Waals surface area contributed by atoms with Gasteiger partial charge in [0.25, 0.3) is 0 Å². The van der Waals surface area contributed by atoms with Crippen molar-refractivity contribution < 1.29 is 14.2 Å². The van der Waals surface area contributed by atoms with Crippen LogP contribution in [0.1, 0.15) is 11.1 Å². The number of ether oxygens (including phenoxy) is 1. The van der Waals surface area contributed by atoms with E-state index in [9.17, 15) is 4.39 Å². The van der Waals surface area contributed by atoms with Crippen molar-refractivity contribution in [1.29, 1.82) is 0 Å². The fraction of sp³-hybridized carbons (Fsp3) is 0.143. The maximum atomic E-state index is 13.3. The van der Waals surface area contributed by atoms with E-state index in [4.69, 9.17) is 21.4 Å². The summed E-state index contributed by atoms with van der Waals surface area (Å²) < 4.78 is 18.8. The fourth-order valence-electron chi connectivity index (χ4n) is 1.59. The average molecular weight is 267 g/mol. The molecule has 1 N–H and O–H groups in total. The summed E-state index contributed by atoms with van der Waals surface area (Å²) >= 11 is 6.02. The summed E-state index contributed by atoms with van der Waals surface area (Å²) in [5.74, 6) is 0.307. The first-order valence-corrected chi connectivity index (χ1v) is 5.80. The monoisotopic (exact) mass is 266 g/mol. The molecule has 0 saturated heterocycles. The number of hydrogen-bond acceptors (Lipinski definition) is 2. The second-order valence-corrected chi connectivity index (χ2v) is 4.40.